The van der Waals surface area contributed by atoms with Gasteiger partial charge in [-0.3, -0.25) is 28.8 Å². The van der Waals surface area contributed by atoms with Gasteiger partial charge >= 0.3 is 0 Å². The predicted molar refractivity (Wildman–Crippen MR) is 158 cm³/mol. The van der Waals surface area contributed by atoms with Crippen molar-refractivity contribution in [1.82, 2.24) is 26.3 Å². The number of primary amides is 2. The summed E-state index contributed by atoms with van der Waals surface area (Å²) in [6, 6.07) is 1.25. The van der Waals surface area contributed by atoms with Crippen LogP contribution in [0.25, 0.3) is 10.9 Å². The van der Waals surface area contributed by atoms with E-state index in [1.165, 1.54) is 6.92 Å². The summed E-state index contributed by atoms with van der Waals surface area (Å²) in [4.78, 5) is 78.4. The second-order valence-electron chi connectivity index (χ2n) is 10.5. The number of fused-ring (bicyclic) bond motifs is 1. The maximum atomic E-state index is 13.5. The van der Waals surface area contributed by atoms with Gasteiger partial charge in [0.2, 0.25) is 35.4 Å². The fourth-order valence-corrected chi connectivity index (χ4v) is 4.19. The van der Waals surface area contributed by atoms with Crippen LogP contribution in [0.4, 0.5) is 0 Å². The molecule has 15 nitrogen and oxygen atoms in total. The summed E-state index contributed by atoms with van der Waals surface area (Å²) in [7, 11) is 0. The Kier molecular flexibility index (Phi) is 13.1. The van der Waals surface area contributed by atoms with Gasteiger partial charge in [0.15, 0.2) is 0 Å². The molecule has 15 heteroatoms. The number of carbonyl (C=O) groups is 6. The van der Waals surface area contributed by atoms with E-state index in [1.54, 1.807) is 13.1 Å². The van der Waals surface area contributed by atoms with Gasteiger partial charge < -0.3 is 48.6 Å². The first kappa shape index (κ1) is 34.7. The molecule has 1 aromatic heterocycles. The highest BCUT2D eigenvalue weighted by atomic mass is 16.3. The summed E-state index contributed by atoms with van der Waals surface area (Å²) in [5, 5.41) is 20.4. The molecule has 0 saturated carbocycles. The first-order chi connectivity index (χ1) is 20.3. The van der Waals surface area contributed by atoms with E-state index in [4.69, 9.17) is 17.2 Å². The molecule has 2 aromatic rings. The molecule has 0 aliphatic rings. The molecule has 6 atom stereocenters. The van der Waals surface area contributed by atoms with Gasteiger partial charge in [-0.05, 0) is 30.9 Å². The number of aliphatic hydroxyl groups excluding tert-OH is 1. The summed E-state index contributed by atoms with van der Waals surface area (Å²) in [6.45, 7) is 4.19. The Balaban J connectivity index is 2.29. The third-order valence-electron chi connectivity index (χ3n) is 7.21. The molecule has 0 aliphatic carbocycles. The minimum absolute atomic E-state index is 0.00756. The number of hydrogen-bond donors (Lipinski definition) is 9. The minimum atomic E-state index is -1.45. The molecular weight excluding hydrogens is 560 g/mol. The van der Waals surface area contributed by atoms with Crippen molar-refractivity contribution in [2.24, 2.45) is 23.1 Å². The Morgan fingerprint density at radius 2 is 1.44 bits per heavy atom. The van der Waals surface area contributed by atoms with Crippen LogP contribution in [0.1, 0.15) is 45.6 Å². The van der Waals surface area contributed by atoms with Crippen molar-refractivity contribution in [1.29, 1.82) is 0 Å². The van der Waals surface area contributed by atoms with E-state index in [-0.39, 0.29) is 25.2 Å². The normalized spacial score (nSPS) is 15.3. The number of nitrogens with two attached hydrogens (primary N) is 3. The van der Waals surface area contributed by atoms with Gasteiger partial charge in [-0.15, -0.1) is 0 Å². The Morgan fingerprint density at radius 1 is 0.860 bits per heavy atom. The van der Waals surface area contributed by atoms with Gasteiger partial charge in [-0.2, -0.15) is 0 Å². The highest BCUT2D eigenvalue weighted by Crippen LogP contribution is 2.19. The summed E-state index contributed by atoms with van der Waals surface area (Å²) in [5.74, 6) is -4.89. The van der Waals surface area contributed by atoms with Crippen molar-refractivity contribution in [3.8, 4) is 0 Å². The molecule has 6 amide bonds. The number of amides is 6. The molecule has 6 unspecified atom stereocenters. The Hall–Kier alpha value is -4.50. The second-order valence-corrected chi connectivity index (χ2v) is 10.5. The lowest BCUT2D eigenvalue weighted by molar-refractivity contribution is -0.135. The number of aliphatic hydroxyl groups is 1. The molecule has 0 aliphatic heterocycles. The van der Waals surface area contributed by atoms with Crippen molar-refractivity contribution < 1.29 is 33.9 Å². The predicted octanol–water partition coefficient (Wildman–Crippen LogP) is -2.21. The highest BCUT2D eigenvalue weighted by Gasteiger charge is 2.32. The summed E-state index contributed by atoms with van der Waals surface area (Å²) < 4.78 is 0. The molecule has 1 aromatic carbocycles. The molecule has 236 valence electrons. The van der Waals surface area contributed by atoms with E-state index in [2.05, 4.69) is 26.3 Å². The van der Waals surface area contributed by atoms with Crippen LogP contribution in [0.2, 0.25) is 0 Å². The van der Waals surface area contributed by atoms with E-state index in [0.29, 0.717) is 12.0 Å². The summed E-state index contributed by atoms with van der Waals surface area (Å²) >= 11 is 0. The molecule has 0 saturated heterocycles. The zero-order valence-electron chi connectivity index (χ0n) is 24.5. The lowest BCUT2D eigenvalue weighted by Crippen LogP contribution is -2.59. The molecule has 0 spiro atoms. The molecule has 0 bridgehead atoms. The first-order valence-electron chi connectivity index (χ1n) is 14.0. The first-order valence-corrected chi connectivity index (χ1v) is 14.0. The SMILES string of the molecule is CCC(C)C(N)C(=O)NC(CO)C(=O)NC(CCC(N)=O)C(=O)NC(Cc1c[nH]c2ccccc12)C(=O)NC(C)C(N)=O. The number of rotatable bonds is 17. The monoisotopic (exact) mass is 602 g/mol. The lowest BCUT2D eigenvalue weighted by Gasteiger charge is -2.26. The number of carbonyl (C=O) groups excluding carboxylic acids is 6. The van der Waals surface area contributed by atoms with E-state index in [9.17, 15) is 33.9 Å². The van der Waals surface area contributed by atoms with Crippen molar-refractivity contribution in [3.63, 3.8) is 0 Å². The molecule has 43 heavy (non-hydrogen) atoms. The second kappa shape index (κ2) is 16.2. The van der Waals surface area contributed by atoms with Gasteiger partial charge in [0.05, 0.1) is 12.6 Å². The molecule has 12 N–H and O–H groups in total. The number of hydrogen-bond acceptors (Lipinski definition) is 8. The minimum Gasteiger partial charge on any atom is -0.394 e. The van der Waals surface area contributed by atoms with E-state index >= 15 is 0 Å². The standard InChI is InChI=1S/C28H42N8O7/c1-4-14(2)23(30)28(43)36-21(13-37)27(42)34-19(9-10-22(29)38)25(40)35-20(26(41)33-15(3)24(31)39)11-16-12-32-18-8-6-5-7-17(16)18/h5-8,12,14-15,19-21,23,32,37H,4,9-11,13,30H2,1-3H3,(H2,29,38)(H2,31,39)(H,33,41)(H,34,42)(H,35,40)(H,36,43). The smallest absolute Gasteiger partial charge is 0.245 e. The number of aromatic amines is 1. The molecule has 0 fully saturated rings. The van der Waals surface area contributed by atoms with E-state index in [0.717, 1.165) is 10.9 Å². The Labute approximate surface area is 249 Å². The Bertz CT molecular complexity index is 1310. The van der Waals surface area contributed by atoms with Gasteiger partial charge in [-0.25, -0.2) is 0 Å². The van der Waals surface area contributed by atoms with Crippen LogP contribution in [-0.4, -0.2) is 82.3 Å². The van der Waals surface area contributed by atoms with Crippen molar-refractivity contribution in [2.45, 2.75) is 76.7 Å². The van der Waals surface area contributed by atoms with Crippen LogP contribution in [0.3, 0.4) is 0 Å². The van der Waals surface area contributed by atoms with Gasteiger partial charge in [0.25, 0.3) is 0 Å². The lowest BCUT2D eigenvalue weighted by atomic mass is 9.99. The van der Waals surface area contributed by atoms with Crippen LogP contribution in [0.15, 0.2) is 30.5 Å². The quantitative estimate of drug-likeness (QED) is 0.0955. The van der Waals surface area contributed by atoms with Crippen LogP contribution in [0, 0.1) is 5.92 Å². The van der Waals surface area contributed by atoms with Gasteiger partial charge in [0, 0.05) is 29.9 Å². The average Bonchev–Trinajstić information content (AvgIpc) is 3.38. The summed E-state index contributed by atoms with van der Waals surface area (Å²) in [6.07, 6.45) is 1.73. The number of aromatic nitrogens is 1. The van der Waals surface area contributed by atoms with Gasteiger partial charge in [0.1, 0.15) is 24.2 Å². The molecule has 2 rings (SSSR count). The topological polar surface area (TPSA) is 265 Å². The largest absolute Gasteiger partial charge is 0.394 e. The fraction of sp³-hybridized carbons (Fsp3) is 0.500. The fourth-order valence-electron chi connectivity index (χ4n) is 4.19. The zero-order chi connectivity index (χ0) is 32.3. The third kappa shape index (κ3) is 10.1. The zero-order valence-corrected chi connectivity index (χ0v) is 24.5. The van der Waals surface area contributed by atoms with Crippen LogP contribution in [0.5, 0.6) is 0 Å². The Morgan fingerprint density at radius 3 is 2.05 bits per heavy atom. The maximum Gasteiger partial charge on any atom is 0.245 e. The highest BCUT2D eigenvalue weighted by molar-refractivity contribution is 5.96. The molecule has 0 radical (unpaired) electrons. The van der Waals surface area contributed by atoms with Crippen LogP contribution < -0.4 is 38.5 Å². The molecular formula is C28H42N8O7. The van der Waals surface area contributed by atoms with Crippen LogP contribution in [-0.2, 0) is 35.2 Å². The third-order valence-corrected chi connectivity index (χ3v) is 7.21. The summed E-state index contributed by atoms with van der Waals surface area (Å²) in [5.41, 5.74) is 18.0. The average molecular weight is 603 g/mol. The number of nitrogens with one attached hydrogen (secondary N) is 5. The molecule has 1 heterocycles. The van der Waals surface area contributed by atoms with Crippen molar-refractivity contribution in [3.05, 3.63) is 36.0 Å². The van der Waals surface area contributed by atoms with Crippen molar-refractivity contribution >= 4 is 46.3 Å². The van der Waals surface area contributed by atoms with E-state index in [1.807, 2.05) is 31.2 Å². The van der Waals surface area contributed by atoms with Crippen molar-refractivity contribution in [2.75, 3.05) is 6.61 Å². The van der Waals surface area contributed by atoms with E-state index < -0.39 is 72.3 Å². The number of para-hydroxylation sites is 1. The number of benzene rings is 1. The number of H-pyrrole nitrogens is 1. The maximum absolute atomic E-state index is 13.5. The van der Waals surface area contributed by atoms with Crippen LogP contribution >= 0.6 is 0 Å². The van der Waals surface area contributed by atoms with Gasteiger partial charge in [-0.1, -0.05) is 38.5 Å².